The lowest BCUT2D eigenvalue weighted by molar-refractivity contribution is -0.137. The van der Waals surface area contributed by atoms with Crippen molar-refractivity contribution in [3.05, 3.63) is 57.0 Å². The van der Waals surface area contributed by atoms with Crippen LogP contribution in [0.3, 0.4) is 0 Å². The van der Waals surface area contributed by atoms with Crippen LogP contribution in [0.1, 0.15) is 18.1 Å². The van der Waals surface area contributed by atoms with Gasteiger partial charge in [-0.05, 0) is 48.4 Å². The fourth-order valence-corrected chi connectivity index (χ4v) is 2.76. The van der Waals surface area contributed by atoms with E-state index in [-0.39, 0.29) is 12.3 Å². The van der Waals surface area contributed by atoms with Crippen LogP contribution in [-0.2, 0) is 17.4 Å². The van der Waals surface area contributed by atoms with E-state index in [0.29, 0.717) is 12.2 Å². The average molecular weight is 437 g/mol. The molecule has 0 fully saturated rings. The third kappa shape index (κ3) is 5.37. The van der Waals surface area contributed by atoms with Gasteiger partial charge in [-0.3, -0.25) is 4.79 Å². The Labute approximate surface area is 156 Å². The highest BCUT2D eigenvalue weighted by Crippen LogP contribution is 2.36. The molecular formula is C17H14BrClF3NO2. The number of anilines is 1. The number of hydrogen-bond acceptors (Lipinski definition) is 2. The lowest BCUT2D eigenvalue weighted by Gasteiger charge is -2.13. The Hall–Kier alpha value is -1.73. The molecule has 0 heterocycles. The normalized spacial score (nSPS) is 11.3. The number of alkyl halides is 3. The Kier molecular flexibility index (Phi) is 6.35. The number of aryl methyl sites for hydroxylation is 1. The number of carbonyl (C=O) groups excluding carboxylic acids is 1. The molecule has 0 radical (unpaired) electrons. The van der Waals surface area contributed by atoms with Crippen molar-refractivity contribution in [2.45, 2.75) is 19.5 Å². The highest BCUT2D eigenvalue weighted by Gasteiger charge is 2.33. The van der Waals surface area contributed by atoms with Gasteiger partial charge in [0.1, 0.15) is 5.75 Å². The summed E-state index contributed by atoms with van der Waals surface area (Å²) < 4.78 is 44.8. The molecule has 0 atom stereocenters. The minimum Gasteiger partial charge on any atom is -0.483 e. The number of amides is 1. The van der Waals surface area contributed by atoms with Crippen LogP contribution in [0.4, 0.5) is 18.9 Å². The molecule has 0 aliphatic rings. The van der Waals surface area contributed by atoms with E-state index < -0.39 is 22.7 Å². The molecule has 1 amide bonds. The third-order valence-electron chi connectivity index (χ3n) is 3.32. The maximum atomic E-state index is 12.8. The minimum atomic E-state index is -4.60. The van der Waals surface area contributed by atoms with Crippen molar-refractivity contribution in [1.82, 2.24) is 0 Å². The molecule has 0 spiro atoms. The number of halogens is 5. The number of hydrogen-bond donors (Lipinski definition) is 1. The van der Waals surface area contributed by atoms with Gasteiger partial charge in [-0.1, -0.05) is 34.5 Å². The molecule has 2 aromatic rings. The number of rotatable bonds is 5. The number of nitrogens with one attached hydrogen (secondary N) is 1. The van der Waals surface area contributed by atoms with Crippen LogP contribution in [0.15, 0.2) is 40.9 Å². The van der Waals surface area contributed by atoms with Gasteiger partial charge in [-0.2, -0.15) is 13.2 Å². The van der Waals surface area contributed by atoms with Crippen molar-refractivity contribution in [1.29, 1.82) is 0 Å². The van der Waals surface area contributed by atoms with E-state index >= 15 is 0 Å². The molecule has 0 saturated heterocycles. The maximum absolute atomic E-state index is 12.8. The highest BCUT2D eigenvalue weighted by atomic mass is 79.9. The summed E-state index contributed by atoms with van der Waals surface area (Å²) in [6.07, 6.45) is -3.88. The fraction of sp³-hybridized carbons (Fsp3) is 0.235. The summed E-state index contributed by atoms with van der Waals surface area (Å²) in [6.45, 7) is 1.62. The van der Waals surface area contributed by atoms with Gasteiger partial charge in [0.25, 0.3) is 5.91 Å². The Morgan fingerprint density at radius 1 is 1.24 bits per heavy atom. The first kappa shape index (κ1) is 19.6. The van der Waals surface area contributed by atoms with Crippen LogP contribution < -0.4 is 10.1 Å². The second kappa shape index (κ2) is 8.10. The maximum Gasteiger partial charge on any atom is 0.417 e. The summed E-state index contributed by atoms with van der Waals surface area (Å²) in [5.74, 6) is -0.0200. The molecule has 2 aromatic carbocycles. The van der Waals surface area contributed by atoms with Gasteiger partial charge in [-0.15, -0.1) is 0 Å². The first-order valence-corrected chi connectivity index (χ1v) is 8.45. The van der Waals surface area contributed by atoms with Crippen molar-refractivity contribution in [3.63, 3.8) is 0 Å². The van der Waals surface area contributed by atoms with Crippen LogP contribution in [-0.4, -0.2) is 12.5 Å². The number of carbonyl (C=O) groups is 1. The Morgan fingerprint density at radius 3 is 2.60 bits per heavy atom. The van der Waals surface area contributed by atoms with Gasteiger partial charge in [0, 0.05) is 10.2 Å². The Morgan fingerprint density at radius 2 is 1.96 bits per heavy atom. The summed E-state index contributed by atoms with van der Waals surface area (Å²) in [4.78, 5) is 11.9. The summed E-state index contributed by atoms with van der Waals surface area (Å²) in [6, 6.07) is 8.55. The second-order valence-electron chi connectivity index (χ2n) is 5.13. The zero-order valence-corrected chi connectivity index (χ0v) is 15.4. The molecule has 0 aromatic heterocycles. The van der Waals surface area contributed by atoms with Gasteiger partial charge in [-0.25, -0.2) is 0 Å². The van der Waals surface area contributed by atoms with Crippen molar-refractivity contribution >= 4 is 39.1 Å². The lowest BCUT2D eigenvalue weighted by Crippen LogP contribution is -2.21. The lowest BCUT2D eigenvalue weighted by atomic mass is 10.1. The van der Waals surface area contributed by atoms with Gasteiger partial charge in [0.15, 0.2) is 6.61 Å². The number of ether oxygens (including phenoxy) is 1. The molecule has 8 heteroatoms. The van der Waals surface area contributed by atoms with Gasteiger partial charge in [0.05, 0.1) is 10.6 Å². The predicted octanol–water partition coefficient (Wildman–Crippen LogP) is 5.70. The standard InChI is InChI=1S/C17H14BrClF3NO2/c1-2-10-7-11(18)3-6-15(10)25-9-16(24)23-12-4-5-14(19)13(8-12)17(20,21)22/h3-8H,2,9H2,1H3,(H,23,24). The molecule has 0 saturated carbocycles. The molecular weight excluding hydrogens is 423 g/mol. The third-order valence-corrected chi connectivity index (χ3v) is 4.14. The van der Waals surface area contributed by atoms with E-state index in [1.54, 1.807) is 12.1 Å². The number of benzene rings is 2. The van der Waals surface area contributed by atoms with Crippen molar-refractivity contribution in [3.8, 4) is 5.75 Å². The molecule has 0 aliphatic carbocycles. The van der Waals surface area contributed by atoms with Gasteiger partial charge >= 0.3 is 6.18 Å². The second-order valence-corrected chi connectivity index (χ2v) is 6.46. The zero-order chi connectivity index (χ0) is 18.6. The van der Waals surface area contributed by atoms with Crippen LogP contribution in [0.2, 0.25) is 5.02 Å². The van der Waals surface area contributed by atoms with E-state index in [2.05, 4.69) is 21.2 Å². The van der Waals surface area contributed by atoms with Gasteiger partial charge in [0.2, 0.25) is 0 Å². The topological polar surface area (TPSA) is 38.3 Å². The molecule has 1 N–H and O–H groups in total. The van der Waals surface area contributed by atoms with Crippen molar-refractivity contribution < 1.29 is 22.7 Å². The largest absolute Gasteiger partial charge is 0.483 e. The van der Waals surface area contributed by atoms with Gasteiger partial charge < -0.3 is 10.1 Å². The minimum absolute atomic E-state index is 0.00292. The fourth-order valence-electron chi connectivity index (χ4n) is 2.13. The summed E-state index contributed by atoms with van der Waals surface area (Å²) >= 11 is 8.90. The van der Waals surface area contributed by atoms with E-state index in [4.69, 9.17) is 16.3 Å². The van der Waals surface area contributed by atoms with E-state index in [1.807, 2.05) is 13.0 Å². The molecule has 0 unspecified atom stereocenters. The van der Waals surface area contributed by atoms with Crippen molar-refractivity contribution in [2.24, 2.45) is 0 Å². The quantitative estimate of drug-likeness (QED) is 0.653. The summed E-state index contributed by atoms with van der Waals surface area (Å²) in [5, 5.41) is 1.94. The monoisotopic (exact) mass is 435 g/mol. The highest BCUT2D eigenvalue weighted by molar-refractivity contribution is 9.10. The SMILES string of the molecule is CCc1cc(Br)ccc1OCC(=O)Nc1ccc(Cl)c(C(F)(F)F)c1. The van der Waals surface area contributed by atoms with Crippen LogP contribution in [0.5, 0.6) is 5.75 Å². The van der Waals surface area contributed by atoms with Crippen LogP contribution in [0, 0.1) is 0 Å². The first-order chi connectivity index (χ1) is 11.7. The molecule has 134 valence electrons. The smallest absolute Gasteiger partial charge is 0.417 e. The Balaban J connectivity index is 2.04. The molecule has 2 rings (SSSR count). The molecule has 0 aliphatic heterocycles. The van der Waals surface area contributed by atoms with E-state index in [9.17, 15) is 18.0 Å². The first-order valence-electron chi connectivity index (χ1n) is 7.28. The Bertz CT molecular complexity index is 781. The van der Waals surface area contributed by atoms with Crippen molar-refractivity contribution in [2.75, 3.05) is 11.9 Å². The molecule has 3 nitrogen and oxygen atoms in total. The average Bonchev–Trinajstić information content (AvgIpc) is 2.54. The molecule has 25 heavy (non-hydrogen) atoms. The van der Waals surface area contributed by atoms with Crippen LogP contribution >= 0.6 is 27.5 Å². The zero-order valence-electron chi connectivity index (χ0n) is 13.1. The van der Waals surface area contributed by atoms with E-state index in [0.717, 1.165) is 22.2 Å². The summed E-state index contributed by atoms with van der Waals surface area (Å²) in [7, 11) is 0. The summed E-state index contributed by atoms with van der Waals surface area (Å²) in [5.41, 5.74) is -0.0982. The predicted molar refractivity (Wildman–Crippen MR) is 94.1 cm³/mol. The molecule has 0 bridgehead atoms. The van der Waals surface area contributed by atoms with E-state index in [1.165, 1.54) is 6.07 Å². The van der Waals surface area contributed by atoms with Crippen LogP contribution in [0.25, 0.3) is 0 Å².